The maximum Gasteiger partial charge on any atom is 0.374 e. The van der Waals surface area contributed by atoms with Crippen LogP contribution in [-0.2, 0) is 4.74 Å². The molecule has 4 nitrogen and oxygen atoms in total. The molecule has 16 heavy (non-hydrogen) atoms. The zero-order valence-electron chi connectivity index (χ0n) is 10.1. The molecule has 1 rings (SSSR count). The molecular weight excluding hydrogens is 208 g/mol. The third-order valence-corrected chi connectivity index (χ3v) is 2.19. The lowest BCUT2D eigenvalue weighted by atomic mass is 9.88. The molecule has 1 heterocycles. The number of esters is 1. The van der Waals surface area contributed by atoms with E-state index in [0.717, 1.165) is 0 Å². The van der Waals surface area contributed by atoms with Crippen molar-refractivity contribution in [2.75, 3.05) is 6.61 Å². The molecule has 0 saturated carbocycles. The molecule has 0 aliphatic carbocycles. The van der Waals surface area contributed by atoms with Crippen LogP contribution in [0.5, 0.6) is 0 Å². The van der Waals surface area contributed by atoms with Crippen LogP contribution < -0.4 is 0 Å². The number of aliphatic hydroxyl groups excluding tert-OH is 1. The molecule has 1 N–H and O–H groups in total. The number of furan rings is 1. The van der Waals surface area contributed by atoms with Gasteiger partial charge in [-0.25, -0.2) is 4.79 Å². The Labute approximate surface area is 95.2 Å². The van der Waals surface area contributed by atoms with Crippen LogP contribution >= 0.6 is 0 Å². The van der Waals surface area contributed by atoms with Crippen molar-refractivity contribution in [1.29, 1.82) is 0 Å². The van der Waals surface area contributed by atoms with Gasteiger partial charge < -0.3 is 14.3 Å². The Morgan fingerprint density at radius 3 is 2.62 bits per heavy atom. The van der Waals surface area contributed by atoms with Crippen LogP contribution in [0.3, 0.4) is 0 Å². The first-order valence-corrected chi connectivity index (χ1v) is 5.31. The van der Waals surface area contributed by atoms with E-state index >= 15 is 0 Å². The van der Waals surface area contributed by atoms with E-state index in [4.69, 9.17) is 9.15 Å². The van der Waals surface area contributed by atoms with Gasteiger partial charge in [-0.2, -0.15) is 0 Å². The number of hydrogen-bond donors (Lipinski definition) is 1. The van der Waals surface area contributed by atoms with Gasteiger partial charge in [0, 0.05) is 0 Å². The van der Waals surface area contributed by atoms with Crippen molar-refractivity contribution in [2.45, 2.75) is 33.8 Å². The summed E-state index contributed by atoms with van der Waals surface area (Å²) in [6.45, 7) is 7.71. The highest BCUT2D eigenvalue weighted by molar-refractivity contribution is 5.86. The predicted octanol–water partition coefficient (Wildman–Crippen LogP) is 2.54. The molecule has 0 aromatic carbocycles. The summed E-state index contributed by atoms with van der Waals surface area (Å²) >= 11 is 0. The van der Waals surface area contributed by atoms with Gasteiger partial charge in [0.1, 0.15) is 11.9 Å². The van der Waals surface area contributed by atoms with Crippen molar-refractivity contribution < 1.29 is 19.1 Å². The molecule has 0 spiro atoms. The molecule has 0 fully saturated rings. The van der Waals surface area contributed by atoms with Crippen LogP contribution in [-0.4, -0.2) is 17.7 Å². The summed E-state index contributed by atoms with van der Waals surface area (Å²) in [6, 6.07) is 3.12. The van der Waals surface area contributed by atoms with E-state index in [1.807, 2.05) is 20.8 Å². The van der Waals surface area contributed by atoms with Crippen molar-refractivity contribution in [3.8, 4) is 0 Å². The Morgan fingerprint density at radius 1 is 1.50 bits per heavy atom. The highest BCUT2D eigenvalue weighted by atomic mass is 16.5. The molecule has 90 valence electrons. The minimum absolute atomic E-state index is 0.125. The summed E-state index contributed by atoms with van der Waals surface area (Å²) in [4.78, 5) is 11.3. The number of hydrogen-bond acceptors (Lipinski definition) is 4. The standard InChI is InChI=1S/C12H18O4/c1-5-15-11(14)9-7-6-8(16-9)10(13)12(2,3)4/h6-7,10,13H,5H2,1-4H3. The lowest BCUT2D eigenvalue weighted by molar-refractivity contribution is 0.0362. The summed E-state index contributed by atoms with van der Waals surface area (Å²) in [5, 5.41) is 9.94. The fourth-order valence-electron chi connectivity index (χ4n) is 1.24. The number of ether oxygens (including phenoxy) is 1. The monoisotopic (exact) mass is 226 g/mol. The van der Waals surface area contributed by atoms with Gasteiger partial charge in [-0.05, 0) is 24.5 Å². The number of carbonyl (C=O) groups is 1. The zero-order chi connectivity index (χ0) is 12.3. The number of aliphatic hydroxyl groups is 1. The summed E-state index contributed by atoms with van der Waals surface area (Å²) in [7, 11) is 0. The first kappa shape index (κ1) is 12.8. The first-order valence-electron chi connectivity index (χ1n) is 5.31. The maximum absolute atomic E-state index is 11.3. The molecule has 1 aromatic heterocycles. The van der Waals surface area contributed by atoms with E-state index < -0.39 is 12.1 Å². The van der Waals surface area contributed by atoms with Gasteiger partial charge in [0.2, 0.25) is 5.76 Å². The smallest absolute Gasteiger partial charge is 0.374 e. The van der Waals surface area contributed by atoms with Crippen LogP contribution in [0.1, 0.15) is 50.1 Å². The molecule has 1 unspecified atom stereocenters. The minimum Gasteiger partial charge on any atom is -0.460 e. The average molecular weight is 226 g/mol. The molecule has 0 bridgehead atoms. The van der Waals surface area contributed by atoms with E-state index in [9.17, 15) is 9.90 Å². The summed E-state index contributed by atoms with van der Waals surface area (Å²) in [5.41, 5.74) is -0.330. The predicted molar refractivity (Wildman–Crippen MR) is 59.1 cm³/mol. The Bertz CT molecular complexity index is 359. The molecule has 1 aromatic rings. The lowest BCUT2D eigenvalue weighted by Crippen LogP contribution is -2.17. The number of carbonyl (C=O) groups excluding carboxylic acids is 1. The van der Waals surface area contributed by atoms with Gasteiger partial charge >= 0.3 is 5.97 Å². The van der Waals surface area contributed by atoms with E-state index in [0.29, 0.717) is 12.4 Å². The van der Waals surface area contributed by atoms with Gasteiger partial charge in [0.25, 0.3) is 0 Å². The third kappa shape index (κ3) is 2.85. The Morgan fingerprint density at radius 2 is 2.12 bits per heavy atom. The van der Waals surface area contributed by atoms with E-state index in [-0.39, 0.29) is 11.2 Å². The topological polar surface area (TPSA) is 59.7 Å². The first-order chi connectivity index (χ1) is 7.36. The molecule has 0 amide bonds. The van der Waals surface area contributed by atoms with Crippen molar-refractivity contribution >= 4 is 5.97 Å². The Kier molecular flexibility index (Phi) is 3.75. The molecule has 0 radical (unpaired) electrons. The van der Waals surface area contributed by atoms with E-state index in [2.05, 4.69) is 0 Å². The molecule has 1 atom stereocenters. The number of rotatable bonds is 3. The largest absolute Gasteiger partial charge is 0.460 e. The van der Waals surface area contributed by atoms with Gasteiger partial charge in [0.05, 0.1) is 6.61 Å². The average Bonchev–Trinajstić information content (AvgIpc) is 2.64. The third-order valence-electron chi connectivity index (χ3n) is 2.19. The fourth-order valence-corrected chi connectivity index (χ4v) is 1.24. The van der Waals surface area contributed by atoms with Gasteiger partial charge in [-0.1, -0.05) is 20.8 Å². The van der Waals surface area contributed by atoms with Gasteiger partial charge in [-0.15, -0.1) is 0 Å². The highest BCUT2D eigenvalue weighted by Gasteiger charge is 2.27. The highest BCUT2D eigenvalue weighted by Crippen LogP contribution is 2.33. The van der Waals surface area contributed by atoms with Crippen molar-refractivity contribution in [3.63, 3.8) is 0 Å². The van der Waals surface area contributed by atoms with Crippen molar-refractivity contribution in [2.24, 2.45) is 5.41 Å². The van der Waals surface area contributed by atoms with E-state index in [1.54, 1.807) is 13.0 Å². The Hall–Kier alpha value is -1.29. The maximum atomic E-state index is 11.3. The van der Waals surface area contributed by atoms with Crippen LogP contribution in [0.4, 0.5) is 0 Å². The minimum atomic E-state index is -0.740. The lowest BCUT2D eigenvalue weighted by Gasteiger charge is -2.23. The summed E-state index contributed by atoms with van der Waals surface area (Å²) in [6.07, 6.45) is -0.740. The van der Waals surface area contributed by atoms with Crippen LogP contribution in [0.15, 0.2) is 16.5 Å². The molecular formula is C12H18O4. The normalized spacial score (nSPS) is 13.6. The SMILES string of the molecule is CCOC(=O)c1ccc(C(O)C(C)(C)C)o1. The second kappa shape index (κ2) is 4.70. The summed E-state index contributed by atoms with van der Waals surface area (Å²) < 4.78 is 10.1. The van der Waals surface area contributed by atoms with E-state index in [1.165, 1.54) is 6.07 Å². The second-order valence-corrected chi connectivity index (χ2v) is 4.69. The van der Waals surface area contributed by atoms with Crippen LogP contribution in [0, 0.1) is 5.41 Å². The molecule has 0 aliphatic heterocycles. The summed E-state index contributed by atoms with van der Waals surface area (Å²) in [5.74, 6) is 0.00515. The fraction of sp³-hybridized carbons (Fsp3) is 0.583. The molecule has 0 aliphatic rings. The van der Waals surface area contributed by atoms with Crippen LogP contribution in [0.2, 0.25) is 0 Å². The zero-order valence-corrected chi connectivity index (χ0v) is 10.1. The van der Waals surface area contributed by atoms with Crippen molar-refractivity contribution in [3.05, 3.63) is 23.7 Å². The second-order valence-electron chi connectivity index (χ2n) is 4.69. The quantitative estimate of drug-likeness (QED) is 0.804. The van der Waals surface area contributed by atoms with Crippen molar-refractivity contribution in [1.82, 2.24) is 0 Å². The molecule has 0 saturated heterocycles. The van der Waals surface area contributed by atoms with Gasteiger partial charge in [0.15, 0.2) is 0 Å². The van der Waals surface area contributed by atoms with Crippen LogP contribution in [0.25, 0.3) is 0 Å². The molecule has 4 heteroatoms. The Balaban J connectivity index is 2.83. The van der Waals surface area contributed by atoms with Gasteiger partial charge in [-0.3, -0.25) is 0 Å².